The van der Waals surface area contributed by atoms with E-state index in [0.29, 0.717) is 36.0 Å². The lowest BCUT2D eigenvalue weighted by molar-refractivity contribution is -0.114. The summed E-state index contributed by atoms with van der Waals surface area (Å²) in [6, 6.07) is 14.6. The average molecular weight is 394 g/mol. The highest BCUT2D eigenvalue weighted by Crippen LogP contribution is 2.36. The van der Waals surface area contributed by atoms with Gasteiger partial charge in [-0.15, -0.1) is 0 Å². The molecule has 0 radical (unpaired) electrons. The number of nitrogens with one attached hydrogen (secondary N) is 1. The summed E-state index contributed by atoms with van der Waals surface area (Å²) in [6.45, 7) is 6.08. The first-order chi connectivity index (χ1) is 13.9. The van der Waals surface area contributed by atoms with Gasteiger partial charge >= 0.3 is 6.03 Å². The molecule has 0 saturated heterocycles. The standard InChI is InChI=1S/C23H26N2O4/c1-5-28-20-13-18(11-12-19(20)29-14-17-9-7-6-8-10-17)22-21(16(3)26)15(2)25(4)23(27)24-22/h6-13,22H,5,14H2,1-4H3,(H,24,27)/t22-/m1/s1. The molecule has 0 saturated carbocycles. The van der Waals surface area contributed by atoms with Crippen molar-refractivity contribution in [2.24, 2.45) is 0 Å². The molecule has 1 aliphatic heterocycles. The minimum absolute atomic E-state index is 0.0817. The highest BCUT2D eigenvalue weighted by molar-refractivity contribution is 5.98. The second-order valence-electron chi connectivity index (χ2n) is 6.91. The lowest BCUT2D eigenvalue weighted by atomic mass is 9.92. The molecule has 1 heterocycles. The number of benzene rings is 2. The van der Waals surface area contributed by atoms with Crippen molar-refractivity contribution in [2.45, 2.75) is 33.4 Å². The third kappa shape index (κ3) is 4.42. The lowest BCUT2D eigenvalue weighted by Gasteiger charge is -2.33. The van der Waals surface area contributed by atoms with Crippen molar-refractivity contribution in [2.75, 3.05) is 13.7 Å². The number of ether oxygens (including phenoxy) is 2. The van der Waals surface area contributed by atoms with Gasteiger partial charge in [0.25, 0.3) is 0 Å². The van der Waals surface area contributed by atoms with Gasteiger partial charge in [-0.2, -0.15) is 0 Å². The second-order valence-corrected chi connectivity index (χ2v) is 6.91. The SMILES string of the molecule is CCOc1cc([C@H]2NC(=O)N(C)C(C)=C2C(C)=O)ccc1OCc1ccccc1. The molecule has 2 aromatic carbocycles. The van der Waals surface area contributed by atoms with E-state index in [9.17, 15) is 9.59 Å². The first-order valence-electron chi connectivity index (χ1n) is 9.61. The van der Waals surface area contributed by atoms with E-state index in [0.717, 1.165) is 11.1 Å². The molecule has 152 valence electrons. The summed E-state index contributed by atoms with van der Waals surface area (Å²) >= 11 is 0. The number of rotatable bonds is 7. The van der Waals surface area contributed by atoms with Crippen molar-refractivity contribution in [3.63, 3.8) is 0 Å². The summed E-state index contributed by atoms with van der Waals surface area (Å²) in [7, 11) is 1.65. The van der Waals surface area contributed by atoms with E-state index in [-0.39, 0.29) is 11.8 Å². The van der Waals surface area contributed by atoms with Crippen LogP contribution in [0.5, 0.6) is 11.5 Å². The van der Waals surface area contributed by atoms with E-state index in [4.69, 9.17) is 9.47 Å². The van der Waals surface area contributed by atoms with Gasteiger partial charge in [0.1, 0.15) is 6.61 Å². The minimum atomic E-state index is -0.529. The van der Waals surface area contributed by atoms with Gasteiger partial charge in [-0.3, -0.25) is 4.79 Å². The van der Waals surface area contributed by atoms with Gasteiger partial charge in [-0.05, 0) is 44.0 Å². The molecular formula is C23H26N2O4. The van der Waals surface area contributed by atoms with Crippen LogP contribution >= 0.6 is 0 Å². The summed E-state index contributed by atoms with van der Waals surface area (Å²) in [5.41, 5.74) is 3.03. The van der Waals surface area contributed by atoms with E-state index in [2.05, 4.69) is 5.32 Å². The topological polar surface area (TPSA) is 67.9 Å². The molecule has 0 unspecified atom stereocenters. The molecule has 0 spiro atoms. The Morgan fingerprint density at radius 1 is 1.10 bits per heavy atom. The smallest absolute Gasteiger partial charge is 0.322 e. The molecule has 1 aliphatic rings. The number of carbonyl (C=O) groups is 2. The Morgan fingerprint density at radius 3 is 2.48 bits per heavy atom. The second kappa shape index (κ2) is 8.82. The highest BCUT2D eigenvalue weighted by atomic mass is 16.5. The molecule has 1 atom stereocenters. The summed E-state index contributed by atoms with van der Waals surface area (Å²) in [6.07, 6.45) is 0. The molecule has 0 aliphatic carbocycles. The Hall–Kier alpha value is -3.28. The molecule has 1 N–H and O–H groups in total. The normalized spacial score (nSPS) is 16.5. The van der Waals surface area contributed by atoms with Crippen LogP contribution in [0.1, 0.15) is 37.9 Å². The van der Waals surface area contributed by atoms with E-state index in [1.165, 1.54) is 11.8 Å². The van der Waals surface area contributed by atoms with Crippen LogP contribution in [0.25, 0.3) is 0 Å². The molecule has 6 nitrogen and oxygen atoms in total. The maximum atomic E-state index is 12.3. The van der Waals surface area contributed by atoms with E-state index >= 15 is 0 Å². The van der Waals surface area contributed by atoms with Crippen LogP contribution in [0, 0.1) is 0 Å². The number of hydrogen-bond donors (Lipinski definition) is 1. The molecular weight excluding hydrogens is 368 g/mol. The van der Waals surface area contributed by atoms with Crippen LogP contribution in [-0.4, -0.2) is 30.4 Å². The molecule has 6 heteroatoms. The zero-order chi connectivity index (χ0) is 21.0. The third-order valence-electron chi connectivity index (χ3n) is 4.97. The Bertz CT molecular complexity index is 937. The molecule has 0 fully saturated rings. The Kier molecular flexibility index (Phi) is 6.22. The largest absolute Gasteiger partial charge is 0.490 e. The summed E-state index contributed by atoms with van der Waals surface area (Å²) < 4.78 is 11.7. The zero-order valence-corrected chi connectivity index (χ0v) is 17.2. The summed E-state index contributed by atoms with van der Waals surface area (Å²) in [5.74, 6) is 1.11. The fourth-order valence-corrected chi connectivity index (χ4v) is 3.37. The van der Waals surface area contributed by atoms with Crippen molar-refractivity contribution in [1.82, 2.24) is 10.2 Å². The maximum absolute atomic E-state index is 12.3. The number of allylic oxidation sites excluding steroid dienone is 1. The highest BCUT2D eigenvalue weighted by Gasteiger charge is 2.32. The van der Waals surface area contributed by atoms with E-state index in [1.54, 1.807) is 14.0 Å². The van der Waals surface area contributed by atoms with Crippen LogP contribution in [0.4, 0.5) is 4.79 Å². The Morgan fingerprint density at radius 2 is 1.83 bits per heavy atom. The number of Topliss-reactive ketones (excluding diaryl/α,β-unsaturated/α-hetero) is 1. The molecule has 2 aromatic rings. The first kappa shape index (κ1) is 20.5. The molecule has 0 bridgehead atoms. The van der Waals surface area contributed by atoms with Crippen molar-refractivity contribution < 1.29 is 19.1 Å². The Balaban J connectivity index is 1.92. The van der Waals surface area contributed by atoms with Gasteiger partial charge < -0.3 is 19.7 Å². The Labute approximate surface area is 171 Å². The number of carbonyl (C=O) groups excluding carboxylic acids is 2. The fraction of sp³-hybridized carbons (Fsp3) is 0.304. The van der Waals surface area contributed by atoms with Crippen LogP contribution in [-0.2, 0) is 11.4 Å². The number of ketones is 1. The zero-order valence-electron chi connectivity index (χ0n) is 17.2. The van der Waals surface area contributed by atoms with Crippen molar-refractivity contribution in [1.29, 1.82) is 0 Å². The van der Waals surface area contributed by atoms with Gasteiger partial charge in [0, 0.05) is 18.3 Å². The maximum Gasteiger partial charge on any atom is 0.322 e. The van der Waals surface area contributed by atoms with Crippen LogP contribution < -0.4 is 14.8 Å². The van der Waals surface area contributed by atoms with Gasteiger partial charge in [-0.25, -0.2) is 4.79 Å². The number of urea groups is 1. The minimum Gasteiger partial charge on any atom is -0.490 e. The van der Waals surface area contributed by atoms with Crippen molar-refractivity contribution in [3.8, 4) is 11.5 Å². The lowest BCUT2D eigenvalue weighted by Crippen LogP contribution is -2.45. The predicted octanol–water partition coefficient (Wildman–Crippen LogP) is 4.22. The first-order valence-corrected chi connectivity index (χ1v) is 9.61. The number of nitrogens with zero attached hydrogens (tertiary/aromatic N) is 1. The third-order valence-corrected chi connectivity index (χ3v) is 4.97. The van der Waals surface area contributed by atoms with E-state index < -0.39 is 6.04 Å². The van der Waals surface area contributed by atoms with Crippen LogP contribution in [0.3, 0.4) is 0 Å². The fourth-order valence-electron chi connectivity index (χ4n) is 3.37. The van der Waals surface area contributed by atoms with Gasteiger partial charge in [0.2, 0.25) is 0 Å². The predicted molar refractivity (Wildman–Crippen MR) is 111 cm³/mol. The van der Waals surface area contributed by atoms with Crippen LogP contribution in [0.2, 0.25) is 0 Å². The quantitative estimate of drug-likeness (QED) is 0.763. The van der Waals surface area contributed by atoms with E-state index in [1.807, 2.05) is 55.5 Å². The van der Waals surface area contributed by atoms with Crippen molar-refractivity contribution in [3.05, 3.63) is 70.9 Å². The monoisotopic (exact) mass is 394 g/mol. The van der Waals surface area contributed by atoms with Gasteiger partial charge in [-0.1, -0.05) is 36.4 Å². The average Bonchev–Trinajstić information content (AvgIpc) is 2.71. The van der Waals surface area contributed by atoms with Crippen molar-refractivity contribution >= 4 is 11.8 Å². The molecule has 29 heavy (non-hydrogen) atoms. The number of hydrogen-bond acceptors (Lipinski definition) is 4. The summed E-state index contributed by atoms with van der Waals surface area (Å²) in [4.78, 5) is 26.0. The molecule has 0 aromatic heterocycles. The molecule has 2 amide bonds. The number of amides is 2. The van der Waals surface area contributed by atoms with Crippen LogP contribution in [0.15, 0.2) is 59.8 Å². The summed E-state index contributed by atoms with van der Waals surface area (Å²) in [5, 5.41) is 2.90. The van der Waals surface area contributed by atoms with Gasteiger partial charge in [0.05, 0.1) is 12.6 Å². The molecule has 3 rings (SSSR count). The van der Waals surface area contributed by atoms with Gasteiger partial charge in [0.15, 0.2) is 17.3 Å².